The highest BCUT2D eigenvalue weighted by Crippen LogP contribution is 2.33. The van der Waals surface area contributed by atoms with Crippen molar-refractivity contribution < 1.29 is 29.7 Å². The van der Waals surface area contributed by atoms with Crippen molar-refractivity contribution in [1.82, 2.24) is 35.6 Å². The number of thiazole rings is 1. The van der Waals surface area contributed by atoms with Gasteiger partial charge in [-0.2, -0.15) is 0 Å². The number of phenolic OH excluding ortho intramolecular Hbond substituents is 1. The Hall–Kier alpha value is -5.16. The zero-order valence-electron chi connectivity index (χ0n) is 36.6. The van der Waals surface area contributed by atoms with Crippen LogP contribution in [0.25, 0.3) is 21.7 Å². The molecule has 62 heavy (non-hydrogen) atoms. The van der Waals surface area contributed by atoms with Crippen LogP contribution in [-0.2, 0) is 14.4 Å². The fourth-order valence-electron chi connectivity index (χ4n) is 8.30. The van der Waals surface area contributed by atoms with E-state index in [1.807, 2.05) is 76.5 Å². The Kier molecular flexibility index (Phi) is 15.6. The van der Waals surface area contributed by atoms with Crippen LogP contribution in [0, 0.1) is 12.3 Å². The lowest BCUT2D eigenvalue weighted by Gasteiger charge is -2.38. The average molecular weight is 870 g/mol. The minimum Gasteiger partial charge on any atom is -0.507 e. The number of likely N-dealkylation sites (tertiary alicyclic amines) is 1. The number of nitrogen functional groups attached to an aromatic ring is 1. The molecule has 2 fully saturated rings. The number of β-amino-alcohol motifs (C(OH)–C–C–N with tert-alkyl or cyclic N) is 1. The summed E-state index contributed by atoms with van der Waals surface area (Å²) < 4.78 is 0. The normalized spacial score (nSPS) is 18.6. The third-order valence-corrected chi connectivity index (χ3v) is 13.0. The topological polar surface area (TPSA) is 210 Å². The molecule has 2 aliphatic heterocycles. The number of anilines is 2. The molecule has 1 unspecified atom stereocenters. The third kappa shape index (κ3) is 11.6. The van der Waals surface area contributed by atoms with Crippen molar-refractivity contribution >= 4 is 40.6 Å². The first-order valence-electron chi connectivity index (χ1n) is 21.8. The maximum absolute atomic E-state index is 14.1. The molecule has 4 aromatic rings. The summed E-state index contributed by atoms with van der Waals surface area (Å²) >= 11 is 1.58. The minimum atomic E-state index is -0.876. The number of unbranched alkanes of at least 4 members (excludes halogenated alkanes) is 4. The van der Waals surface area contributed by atoms with E-state index in [1.165, 1.54) is 4.90 Å². The lowest BCUT2D eigenvalue weighted by Crippen LogP contribution is -2.57. The van der Waals surface area contributed by atoms with Crippen LogP contribution >= 0.6 is 11.3 Å². The van der Waals surface area contributed by atoms with Crippen LogP contribution in [0.3, 0.4) is 0 Å². The second-order valence-electron chi connectivity index (χ2n) is 17.7. The summed E-state index contributed by atoms with van der Waals surface area (Å²) in [6.07, 6.45) is 3.83. The Morgan fingerprint density at radius 3 is 2.32 bits per heavy atom. The Bertz CT molecular complexity index is 2140. The van der Waals surface area contributed by atoms with Crippen LogP contribution in [0.4, 0.5) is 11.5 Å². The molecule has 16 heteroatoms. The van der Waals surface area contributed by atoms with Crippen LogP contribution in [-0.4, -0.2) is 115 Å². The number of aromatic hydroxyl groups is 1. The van der Waals surface area contributed by atoms with Gasteiger partial charge >= 0.3 is 0 Å². The van der Waals surface area contributed by atoms with Crippen molar-refractivity contribution in [2.75, 3.05) is 43.4 Å². The van der Waals surface area contributed by atoms with Gasteiger partial charge in [0.05, 0.1) is 39.6 Å². The molecule has 0 bridgehead atoms. The summed E-state index contributed by atoms with van der Waals surface area (Å²) in [5, 5.41) is 46.2. The van der Waals surface area contributed by atoms with Crippen molar-refractivity contribution in [3.63, 3.8) is 0 Å². The number of piperazine rings is 1. The molecule has 0 spiro atoms. The summed E-state index contributed by atoms with van der Waals surface area (Å²) in [7, 11) is 0. The standard InChI is InChI=1S/C46H63N9O6S/c1-29(31-17-19-32(20-18-31)41-30(2)48-28-62-41)49-44(60)37-25-33(56)27-55(37)45(61)42(46(3,4)5)50-39(58)15-9-7-6-8-10-16-40(59)54-23-21-53(22-24-54)36-26-35(51-52-43(36)47)34-13-11-12-14-38(34)57/h11-14,17-20,26,28-29,33,37,40,42,56-57,59H,6-10,15-16,21-25,27H2,1-5H3,(H2,47,52)(H,49,60)(H,50,58)/t29-,33+,37-,40?,42+/m0/s1. The fraction of sp³-hybridized carbons (Fsp3) is 0.522. The van der Waals surface area contributed by atoms with Gasteiger partial charge in [-0.05, 0) is 67.9 Å². The first-order chi connectivity index (χ1) is 29.6. The van der Waals surface area contributed by atoms with E-state index in [0.29, 0.717) is 56.1 Å². The summed E-state index contributed by atoms with van der Waals surface area (Å²) in [6.45, 7) is 12.2. The van der Waals surface area contributed by atoms with Gasteiger partial charge in [0, 0.05) is 51.1 Å². The SMILES string of the molecule is Cc1ncsc1-c1ccc([C@H](C)NC(=O)[C@@H]2C[C@@H](O)CN2C(=O)[C@@H](NC(=O)CCCCCCCC(O)N2CCN(c3cc(-c4ccccc4O)nnc3N)CC2)C(C)(C)C)cc1. The van der Waals surface area contributed by atoms with E-state index in [9.17, 15) is 29.7 Å². The van der Waals surface area contributed by atoms with E-state index in [0.717, 1.165) is 53.1 Å². The van der Waals surface area contributed by atoms with Gasteiger partial charge in [-0.1, -0.05) is 76.4 Å². The first kappa shape index (κ1) is 46.3. The van der Waals surface area contributed by atoms with Gasteiger partial charge in [0.1, 0.15) is 24.1 Å². The van der Waals surface area contributed by atoms with E-state index in [4.69, 9.17) is 5.73 Å². The highest BCUT2D eigenvalue weighted by Gasteiger charge is 2.44. The predicted octanol–water partition coefficient (Wildman–Crippen LogP) is 5.40. The molecule has 4 heterocycles. The molecular formula is C46H63N9O6S. The Balaban J connectivity index is 0.901. The molecule has 2 aliphatic rings. The number of para-hydroxylation sites is 1. The molecule has 5 atom stereocenters. The third-order valence-electron chi connectivity index (χ3n) is 12.0. The zero-order valence-corrected chi connectivity index (χ0v) is 37.4. The number of nitrogens with one attached hydrogen (secondary N) is 2. The molecule has 15 nitrogen and oxygen atoms in total. The second-order valence-corrected chi connectivity index (χ2v) is 18.6. The maximum atomic E-state index is 14.1. The van der Waals surface area contributed by atoms with Crippen molar-refractivity contribution in [2.45, 2.75) is 116 Å². The lowest BCUT2D eigenvalue weighted by molar-refractivity contribution is -0.144. The van der Waals surface area contributed by atoms with E-state index >= 15 is 0 Å². The van der Waals surface area contributed by atoms with Gasteiger partial charge in [0.15, 0.2) is 5.82 Å². The van der Waals surface area contributed by atoms with Gasteiger partial charge < -0.3 is 41.5 Å². The number of aliphatic hydroxyl groups excluding tert-OH is 2. The van der Waals surface area contributed by atoms with E-state index in [2.05, 4.69) is 35.6 Å². The monoisotopic (exact) mass is 869 g/mol. The highest BCUT2D eigenvalue weighted by molar-refractivity contribution is 7.13. The van der Waals surface area contributed by atoms with E-state index in [1.54, 1.807) is 29.5 Å². The maximum Gasteiger partial charge on any atom is 0.246 e. The lowest BCUT2D eigenvalue weighted by atomic mass is 9.85. The number of aliphatic hydroxyl groups is 2. The van der Waals surface area contributed by atoms with E-state index < -0.39 is 29.8 Å². The number of phenols is 1. The highest BCUT2D eigenvalue weighted by atomic mass is 32.1. The number of aryl methyl sites for hydroxylation is 1. The summed E-state index contributed by atoms with van der Waals surface area (Å²) in [5.74, 6) is -0.499. The molecule has 2 aromatic carbocycles. The predicted molar refractivity (Wildman–Crippen MR) is 242 cm³/mol. The van der Waals surface area contributed by atoms with E-state index in [-0.39, 0.29) is 48.9 Å². The second kappa shape index (κ2) is 20.8. The molecule has 0 saturated carbocycles. The summed E-state index contributed by atoms with van der Waals surface area (Å²) in [6, 6.07) is 14.7. The Morgan fingerprint density at radius 1 is 0.952 bits per heavy atom. The van der Waals surface area contributed by atoms with Gasteiger partial charge in [0.25, 0.3) is 0 Å². The van der Waals surface area contributed by atoms with Gasteiger partial charge in [0.2, 0.25) is 17.7 Å². The van der Waals surface area contributed by atoms with Crippen LogP contribution < -0.4 is 21.3 Å². The molecule has 2 aromatic heterocycles. The molecule has 2 saturated heterocycles. The number of amides is 3. The van der Waals surface area contributed by atoms with Gasteiger partial charge in [-0.3, -0.25) is 19.3 Å². The number of nitrogens with two attached hydrogens (primary N) is 1. The molecular weight excluding hydrogens is 807 g/mol. The van der Waals surface area contributed by atoms with Crippen molar-refractivity contribution in [1.29, 1.82) is 0 Å². The summed E-state index contributed by atoms with van der Waals surface area (Å²) in [4.78, 5) is 52.0. The zero-order chi connectivity index (χ0) is 44.6. The van der Waals surface area contributed by atoms with Crippen molar-refractivity contribution in [3.05, 3.63) is 71.4 Å². The van der Waals surface area contributed by atoms with Crippen LogP contribution in [0.5, 0.6) is 5.75 Å². The van der Waals surface area contributed by atoms with Crippen molar-refractivity contribution in [2.24, 2.45) is 5.41 Å². The Labute approximate surface area is 368 Å². The van der Waals surface area contributed by atoms with Gasteiger partial charge in [-0.25, -0.2) is 4.98 Å². The molecule has 6 rings (SSSR count). The molecule has 0 radical (unpaired) electrons. The number of aromatic nitrogens is 3. The molecule has 3 amide bonds. The fourth-order valence-corrected chi connectivity index (χ4v) is 9.11. The quantitative estimate of drug-likeness (QED) is 0.0737. The van der Waals surface area contributed by atoms with Crippen molar-refractivity contribution in [3.8, 4) is 27.4 Å². The number of carbonyl (C=O) groups is 3. The Morgan fingerprint density at radius 2 is 1.65 bits per heavy atom. The number of benzene rings is 2. The molecule has 0 aliphatic carbocycles. The van der Waals surface area contributed by atoms with Crippen LogP contribution in [0.1, 0.15) is 96.4 Å². The minimum absolute atomic E-state index is 0.0166. The summed E-state index contributed by atoms with van der Waals surface area (Å²) in [5.41, 5.74) is 12.2. The number of nitrogens with zero attached hydrogens (tertiary/aromatic N) is 6. The first-order valence-corrected chi connectivity index (χ1v) is 22.7. The molecule has 334 valence electrons. The number of rotatable bonds is 17. The number of hydrogen-bond acceptors (Lipinski definition) is 13. The number of carbonyl (C=O) groups excluding carboxylic acids is 3. The van der Waals surface area contributed by atoms with Crippen LogP contribution in [0.15, 0.2) is 60.1 Å². The average Bonchev–Trinajstić information content (AvgIpc) is 3.87. The largest absolute Gasteiger partial charge is 0.507 e. The molecule has 7 N–H and O–H groups in total. The van der Waals surface area contributed by atoms with Gasteiger partial charge in [-0.15, -0.1) is 21.5 Å². The smallest absolute Gasteiger partial charge is 0.246 e. The van der Waals surface area contributed by atoms with Crippen LogP contribution in [0.2, 0.25) is 0 Å². The number of hydrogen-bond donors (Lipinski definition) is 6.